The molecule has 5 heteroatoms. The summed E-state index contributed by atoms with van der Waals surface area (Å²) in [5, 5.41) is 0. The second-order valence-corrected chi connectivity index (χ2v) is 5.55. The van der Waals surface area contributed by atoms with E-state index in [0.29, 0.717) is 13.1 Å². The van der Waals surface area contributed by atoms with Crippen molar-refractivity contribution < 1.29 is 4.79 Å². The Morgan fingerprint density at radius 3 is 2.82 bits per heavy atom. The van der Waals surface area contributed by atoms with Crippen molar-refractivity contribution in [2.45, 2.75) is 19.8 Å². The molecule has 17 heavy (non-hydrogen) atoms. The number of nitrogens with two attached hydrogens (primary N) is 1. The summed E-state index contributed by atoms with van der Waals surface area (Å²) < 4.78 is 0.916. The van der Waals surface area contributed by atoms with Crippen LogP contribution in [-0.2, 0) is 4.79 Å². The topological polar surface area (TPSA) is 59.2 Å². The van der Waals surface area contributed by atoms with Gasteiger partial charge in [-0.1, -0.05) is 0 Å². The van der Waals surface area contributed by atoms with Gasteiger partial charge in [0.2, 0.25) is 6.41 Å². The number of aryl methyl sites for hydroxylation is 1. The van der Waals surface area contributed by atoms with Crippen LogP contribution < -0.4 is 10.6 Å². The molecule has 2 rings (SSSR count). The highest BCUT2D eigenvalue weighted by Gasteiger charge is 2.42. The molecule has 0 aromatic carbocycles. The number of pyridine rings is 1. The summed E-state index contributed by atoms with van der Waals surface area (Å²) in [6, 6.07) is 1.92. The highest BCUT2D eigenvalue weighted by Crippen LogP contribution is 2.45. The van der Waals surface area contributed by atoms with Crippen molar-refractivity contribution in [3.05, 3.63) is 22.4 Å². The molecule has 1 aromatic heterocycles. The third-order valence-corrected chi connectivity index (χ3v) is 4.17. The van der Waals surface area contributed by atoms with Crippen molar-refractivity contribution in [2.75, 3.05) is 18.0 Å². The predicted molar refractivity (Wildman–Crippen MR) is 70.8 cm³/mol. The molecule has 1 aliphatic carbocycles. The minimum atomic E-state index is 0.137. The predicted octanol–water partition coefficient (Wildman–Crippen LogP) is 1.85. The quantitative estimate of drug-likeness (QED) is 0.844. The first kappa shape index (κ1) is 12.5. The Labute approximate surface area is 109 Å². The summed E-state index contributed by atoms with van der Waals surface area (Å²) in [4.78, 5) is 17.1. The van der Waals surface area contributed by atoms with Gasteiger partial charge in [0.25, 0.3) is 0 Å². The van der Waals surface area contributed by atoms with E-state index in [1.807, 2.05) is 13.0 Å². The number of aromatic nitrogens is 1. The number of carbonyl (C=O) groups excluding carboxylic acids is 1. The van der Waals surface area contributed by atoms with Gasteiger partial charge in [0.05, 0.1) is 17.6 Å². The smallest absolute Gasteiger partial charge is 0.214 e. The van der Waals surface area contributed by atoms with Crippen molar-refractivity contribution in [3.8, 4) is 0 Å². The molecule has 0 radical (unpaired) electrons. The molecule has 0 unspecified atom stereocenters. The fourth-order valence-electron chi connectivity index (χ4n) is 1.81. The molecule has 4 nitrogen and oxygen atoms in total. The van der Waals surface area contributed by atoms with Gasteiger partial charge in [0, 0.05) is 16.4 Å². The van der Waals surface area contributed by atoms with E-state index in [1.165, 1.54) is 0 Å². The van der Waals surface area contributed by atoms with Crippen LogP contribution in [0, 0.1) is 12.3 Å². The van der Waals surface area contributed by atoms with Crippen LogP contribution in [0.3, 0.4) is 0 Å². The molecule has 0 bridgehead atoms. The van der Waals surface area contributed by atoms with Gasteiger partial charge in [-0.15, -0.1) is 0 Å². The Hall–Kier alpha value is -0.940. The van der Waals surface area contributed by atoms with E-state index < -0.39 is 0 Å². The van der Waals surface area contributed by atoms with E-state index in [-0.39, 0.29) is 5.41 Å². The zero-order chi connectivity index (χ0) is 12.5. The van der Waals surface area contributed by atoms with E-state index >= 15 is 0 Å². The van der Waals surface area contributed by atoms with Gasteiger partial charge < -0.3 is 10.6 Å². The maximum atomic E-state index is 11.2. The summed E-state index contributed by atoms with van der Waals surface area (Å²) in [5.41, 5.74) is 7.61. The lowest BCUT2D eigenvalue weighted by Crippen LogP contribution is -2.33. The molecule has 0 saturated heterocycles. The monoisotopic (exact) mass is 297 g/mol. The molecule has 0 spiro atoms. The van der Waals surface area contributed by atoms with E-state index in [4.69, 9.17) is 5.73 Å². The maximum absolute atomic E-state index is 11.2. The van der Waals surface area contributed by atoms with Crippen LogP contribution in [0.2, 0.25) is 0 Å². The molecule has 1 aromatic rings. The summed E-state index contributed by atoms with van der Waals surface area (Å²) in [6.07, 6.45) is 4.79. The maximum Gasteiger partial charge on any atom is 0.214 e. The van der Waals surface area contributed by atoms with Crippen molar-refractivity contribution >= 4 is 28.0 Å². The largest absolute Gasteiger partial charge is 0.330 e. The number of hydrogen-bond donors (Lipinski definition) is 1. The van der Waals surface area contributed by atoms with Crippen LogP contribution in [0.1, 0.15) is 18.5 Å². The molecule has 1 heterocycles. The highest BCUT2D eigenvalue weighted by molar-refractivity contribution is 9.10. The third kappa shape index (κ3) is 2.66. The van der Waals surface area contributed by atoms with Crippen molar-refractivity contribution in [3.63, 3.8) is 0 Å². The minimum Gasteiger partial charge on any atom is -0.330 e. The molecule has 1 saturated carbocycles. The summed E-state index contributed by atoms with van der Waals surface area (Å²) in [7, 11) is 0. The van der Waals surface area contributed by atoms with Crippen molar-refractivity contribution in [1.82, 2.24) is 4.98 Å². The lowest BCUT2D eigenvalue weighted by molar-refractivity contribution is -0.107. The number of hydrogen-bond acceptors (Lipinski definition) is 3. The molecular formula is C12H16BrN3O. The standard InChI is InChI=1S/C12H16BrN3O/c1-9-11(13)4-10(5-15-9)16(8-17)7-12(6-14)2-3-12/h4-5,8H,2-3,6-7,14H2,1H3. The SMILES string of the molecule is Cc1ncc(N(C=O)CC2(CN)CC2)cc1Br. The summed E-state index contributed by atoms with van der Waals surface area (Å²) >= 11 is 3.43. The van der Waals surface area contributed by atoms with Gasteiger partial charge in [0.1, 0.15) is 0 Å². The average Bonchev–Trinajstić information content (AvgIpc) is 3.10. The van der Waals surface area contributed by atoms with Gasteiger partial charge in [-0.3, -0.25) is 9.78 Å². The Morgan fingerprint density at radius 2 is 2.35 bits per heavy atom. The lowest BCUT2D eigenvalue weighted by Gasteiger charge is -2.23. The summed E-state index contributed by atoms with van der Waals surface area (Å²) in [5.74, 6) is 0. The van der Waals surface area contributed by atoms with Crippen LogP contribution in [0.5, 0.6) is 0 Å². The van der Waals surface area contributed by atoms with E-state index in [9.17, 15) is 4.79 Å². The molecule has 0 atom stereocenters. The first-order valence-corrected chi connectivity index (χ1v) is 6.44. The molecule has 1 amide bonds. The van der Waals surface area contributed by atoms with Crippen LogP contribution in [0.15, 0.2) is 16.7 Å². The molecule has 1 fully saturated rings. The van der Waals surface area contributed by atoms with Crippen LogP contribution in [-0.4, -0.2) is 24.5 Å². The number of carbonyl (C=O) groups is 1. The molecule has 0 aliphatic heterocycles. The van der Waals surface area contributed by atoms with Gasteiger partial charge in [-0.2, -0.15) is 0 Å². The Balaban J connectivity index is 2.17. The fourth-order valence-corrected chi connectivity index (χ4v) is 2.14. The number of anilines is 1. The van der Waals surface area contributed by atoms with E-state index in [2.05, 4.69) is 20.9 Å². The number of rotatable bonds is 5. The van der Waals surface area contributed by atoms with Gasteiger partial charge in [-0.05, 0) is 48.3 Å². The first-order valence-electron chi connectivity index (χ1n) is 5.64. The minimum absolute atomic E-state index is 0.137. The first-order chi connectivity index (χ1) is 8.10. The summed E-state index contributed by atoms with van der Waals surface area (Å²) in [6.45, 7) is 3.24. The number of halogens is 1. The van der Waals surface area contributed by atoms with E-state index in [1.54, 1.807) is 11.1 Å². The highest BCUT2D eigenvalue weighted by atomic mass is 79.9. The molecule has 1 aliphatic rings. The number of nitrogens with zero attached hydrogens (tertiary/aromatic N) is 2. The third-order valence-electron chi connectivity index (χ3n) is 3.37. The van der Waals surface area contributed by atoms with Crippen molar-refractivity contribution in [1.29, 1.82) is 0 Å². The van der Waals surface area contributed by atoms with Crippen molar-refractivity contribution in [2.24, 2.45) is 11.1 Å². The molecule has 2 N–H and O–H groups in total. The van der Waals surface area contributed by atoms with Crippen LogP contribution in [0.25, 0.3) is 0 Å². The zero-order valence-electron chi connectivity index (χ0n) is 9.82. The van der Waals surface area contributed by atoms with Gasteiger partial charge in [-0.25, -0.2) is 0 Å². The lowest BCUT2D eigenvalue weighted by atomic mass is 10.1. The average molecular weight is 298 g/mol. The molecule has 92 valence electrons. The number of amides is 1. The van der Waals surface area contributed by atoms with Crippen LogP contribution >= 0.6 is 15.9 Å². The Bertz CT molecular complexity index is 432. The van der Waals surface area contributed by atoms with Gasteiger partial charge in [0.15, 0.2) is 0 Å². The fraction of sp³-hybridized carbons (Fsp3) is 0.500. The van der Waals surface area contributed by atoms with Gasteiger partial charge >= 0.3 is 0 Å². The second-order valence-electron chi connectivity index (χ2n) is 4.70. The Kier molecular flexibility index (Phi) is 3.49. The normalized spacial score (nSPS) is 16.6. The second kappa shape index (κ2) is 4.74. The Morgan fingerprint density at radius 1 is 1.65 bits per heavy atom. The molecular weight excluding hydrogens is 282 g/mol. The zero-order valence-corrected chi connectivity index (χ0v) is 11.4. The van der Waals surface area contributed by atoms with Crippen LogP contribution in [0.4, 0.5) is 5.69 Å². The van der Waals surface area contributed by atoms with E-state index in [0.717, 1.165) is 35.1 Å².